The fourth-order valence-corrected chi connectivity index (χ4v) is 13.3. The molecule has 1 aliphatic rings. The maximum Gasteiger partial charge on any atom is 0.306 e. The third kappa shape index (κ3) is 58.0. The summed E-state index contributed by atoms with van der Waals surface area (Å²) in [6.45, 7) is 5.85. The standard InChI is InChI=1S/C84H157NO10/c1-4-7-10-13-16-19-22-25-27-29-31-33-35-37-39-41-43-45-47-49-51-54-57-60-63-66-69-72-79(89)95-82-81(91)80(90)78(73-86)94-84(82)93-74-75(76(87)70-67-64-61-58-55-52-24-21-18-15-12-9-6-3)85-83(92)77(88)71-68-65-62-59-56-53-50-48-46-44-42-40-38-36-34-32-30-28-26-23-20-17-14-11-8-5-2/h16,19,25,27,31,33,67,70,75-78,80-82,84,86-88,90-91H,4-15,17-18,20-24,26,28-30,32,34-66,68-69,71-74H2,1-3H3,(H,85,92)/b19-16-,27-25-,33-31-,70-67+. The van der Waals surface area contributed by atoms with E-state index in [-0.39, 0.29) is 13.0 Å². The highest BCUT2D eigenvalue weighted by atomic mass is 16.7. The van der Waals surface area contributed by atoms with Crippen LogP contribution in [0, 0.1) is 0 Å². The predicted molar refractivity (Wildman–Crippen MR) is 403 cm³/mol. The van der Waals surface area contributed by atoms with Gasteiger partial charge in [-0.3, -0.25) is 9.59 Å². The molecule has 0 bridgehead atoms. The fourth-order valence-electron chi connectivity index (χ4n) is 13.3. The number of allylic oxidation sites excluding steroid dienone is 7. The number of hydrogen-bond donors (Lipinski definition) is 6. The zero-order chi connectivity index (χ0) is 68.8. The average Bonchev–Trinajstić information content (AvgIpc) is 0.823. The Morgan fingerprint density at radius 3 is 1.11 bits per heavy atom. The predicted octanol–water partition coefficient (Wildman–Crippen LogP) is 22.6. The van der Waals surface area contributed by atoms with Crippen molar-refractivity contribution in [2.75, 3.05) is 13.2 Å². The molecule has 0 aromatic rings. The van der Waals surface area contributed by atoms with Crippen LogP contribution in [0.1, 0.15) is 412 Å². The number of nitrogens with one attached hydrogen (secondary N) is 1. The lowest BCUT2D eigenvalue weighted by molar-refractivity contribution is -0.305. The largest absolute Gasteiger partial charge is 0.454 e. The SMILES string of the molecule is CCCCC/C=C\C/C=C\C/C=C\CCCCCCCCCCCCCCCCC(=O)OC1C(OCC(NC(=O)C(O)CCCCCCCCCCCCCCCCCCCCCCCCCCCC)C(O)/C=C/CCCCCCCCCCCCC)OC(CO)C(O)C1O. The molecular formula is C84H157NO10. The first-order valence-corrected chi connectivity index (χ1v) is 41.4. The zero-order valence-electron chi connectivity index (χ0n) is 62.6. The quantitative estimate of drug-likeness (QED) is 0.0195. The Morgan fingerprint density at radius 1 is 0.411 bits per heavy atom. The minimum absolute atomic E-state index is 0.125. The summed E-state index contributed by atoms with van der Waals surface area (Å²) < 4.78 is 17.8. The van der Waals surface area contributed by atoms with Gasteiger partial charge in [0.2, 0.25) is 5.91 Å². The normalized spacial score (nSPS) is 17.9. The second kappa shape index (κ2) is 71.4. The summed E-state index contributed by atoms with van der Waals surface area (Å²) in [6.07, 6.45) is 81.7. The highest BCUT2D eigenvalue weighted by molar-refractivity contribution is 5.80. The minimum atomic E-state index is -1.61. The summed E-state index contributed by atoms with van der Waals surface area (Å²) in [4.78, 5) is 26.8. The lowest BCUT2D eigenvalue weighted by Crippen LogP contribution is -2.61. The van der Waals surface area contributed by atoms with Crippen molar-refractivity contribution >= 4 is 11.9 Å². The van der Waals surface area contributed by atoms with Crippen molar-refractivity contribution in [1.82, 2.24) is 5.32 Å². The third-order valence-electron chi connectivity index (χ3n) is 19.7. The van der Waals surface area contributed by atoms with E-state index in [2.05, 4.69) is 62.5 Å². The van der Waals surface area contributed by atoms with Crippen molar-refractivity contribution < 1.29 is 49.3 Å². The first kappa shape index (κ1) is 90.6. The van der Waals surface area contributed by atoms with E-state index < -0.39 is 67.4 Å². The number of esters is 1. The van der Waals surface area contributed by atoms with Crippen LogP contribution in [0.3, 0.4) is 0 Å². The molecule has 0 aromatic carbocycles. The number of carbonyl (C=O) groups excluding carboxylic acids is 2. The molecule has 0 aliphatic carbocycles. The van der Waals surface area contributed by atoms with Gasteiger partial charge in [-0.15, -0.1) is 0 Å². The molecular weight excluding hydrogens is 1180 g/mol. The molecule has 8 atom stereocenters. The topological polar surface area (TPSA) is 175 Å². The molecule has 0 radical (unpaired) electrons. The van der Waals surface area contributed by atoms with Gasteiger partial charge in [0.05, 0.1) is 25.4 Å². The van der Waals surface area contributed by atoms with Crippen LogP contribution in [-0.2, 0) is 23.8 Å². The lowest BCUT2D eigenvalue weighted by Gasteiger charge is -2.41. The molecule has 1 amide bonds. The number of unbranched alkanes of at least 4 members (excludes halogenated alkanes) is 53. The van der Waals surface area contributed by atoms with E-state index >= 15 is 0 Å². The number of rotatable bonds is 73. The summed E-state index contributed by atoms with van der Waals surface area (Å²) in [6, 6.07) is -1.02. The van der Waals surface area contributed by atoms with Gasteiger partial charge in [0.25, 0.3) is 0 Å². The number of hydrogen-bond acceptors (Lipinski definition) is 10. The molecule has 11 heteroatoms. The van der Waals surface area contributed by atoms with Crippen molar-refractivity contribution in [2.24, 2.45) is 0 Å². The number of aliphatic hydroxyl groups excluding tert-OH is 5. The Bertz CT molecular complexity index is 1740. The molecule has 0 saturated carbocycles. The first-order chi connectivity index (χ1) is 46.7. The molecule has 558 valence electrons. The van der Waals surface area contributed by atoms with Gasteiger partial charge < -0.3 is 45.1 Å². The zero-order valence-corrected chi connectivity index (χ0v) is 62.6. The average molecular weight is 1340 g/mol. The highest BCUT2D eigenvalue weighted by Crippen LogP contribution is 2.27. The van der Waals surface area contributed by atoms with E-state index in [4.69, 9.17) is 14.2 Å². The van der Waals surface area contributed by atoms with E-state index in [1.165, 1.54) is 295 Å². The van der Waals surface area contributed by atoms with E-state index in [1.807, 2.05) is 6.08 Å². The molecule has 11 nitrogen and oxygen atoms in total. The molecule has 1 fully saturated rings. The maximum absolute atomic E-state index is 13.6. The molecule has 0 aromatic heterocycles. The Kier molecular flexibility index (Phi) is 68.2. The number of aliphatic hydroxyl groups is 5. The van der Waals surface area contributed by atoms with Crippen LogP contribution in [-0.4, -0.2) is 99.6 Å². The van der Waals surface area contributed by atoms with Crippen molar-refractivity contribution in [3.8, 4) is 0 Å². The summed E-state index contributed by atoms with van der Waals surface area (Å²) in [5, 5.41) is 57.5. The molecule has 1 aliphatic heterocycles. The first-order valence-electron chi connectivity index (χ1n) is 41.4. The molecule has 6 N–H and O–H groups in total. The van der Waals surface area contributed by atoms with Gasteiger partial charge in [0, 0.05) is 6.42 Å². The van der Waals surface area contributed by atoms with E-state index in [0.717, 1.165) is 70.6 Å². The molecule has 1 saturated heterocycles. The third-order valence-corrected chi connectivity index (χ3v) is 19.7. The summed E-state index contributed by atoms with van der Waals surface area (Å²) in [5.74, 6) is -1.17. The monoisotopic (exact) mass is 1340 g/mol. The Hall–Kier alpha value is -2.38. The van der Waals surface area contributed by atoms with Crippen molar-refractivity contribution in [3.05, 3.63) is 48.6 Å². The van der Waals surface area contributed by atoms with Crippen LogP contribution in [0.25, 0.3) is 0 Å². The number of amides is 1. The van der Waals surface area contributed by atoms with Gasteiger partial charge in [0.15, 0.2) is 12.4 Å². The van der Waals surface area contributed by atoms with Gasteiger partial charge in [0.1, 0.15) is 24.4 Å². The Labute approximate surface area is 586 Å². The Morgan fingerprint density at radius 2 is 0.726 bits per heavy atom. The molecule has 1 rings (SSSR count). The van der Waals surface area contributed by atoms with Gasteiger partial charge >= 0.3 is 5.97 Å². The van der Waals surface area contributed by atoms with E-state index in [0.29, 0.717) is 19.3 Å². The van der Waals surface area contributed by atoms with Crippen LogP contribution < -0.4 is 5.32 Å². The fraction of sp³-hybridized carbons (Fsp3) is 0.881. The number of ether oxygens (including phenoxy) is 3. The summed E-state index contributed by atoms with van der Waals surface area (Å²) in [5.41, 5.74) is 0. The Balaban J connectivity index is 2.48. The second-order valence-corrected chi connectivity index (χ2v) is 28.9. The van der Waals surface area contributed by atoms with E-state index in [1.54, 1.807) is 6.08 Å². The van der Waals surface area contributed by atoms with Crippen LogP contribution >= 0.6 is 0 Å². The second-order valence-electron chi connectivity index (χ2n) is 28.9. The van der Waals surface area contributed by atoms with Crippen LogP contribution in [0.5, 0.6) is 0 Å². The minimum Gasteiger partial charge on any atom is -0.454 e. The van der Waals surface area contributed by atoms with Crippen LogP contribution in [0.15, 0.2) is 48.6 Å². The van der Waals surface area contributed by atoms with Crippen LogP contribution in [0.4, 0.5) is 0 Å². The molecule has 1 heterocycles. The number of carbonyl (C=O) groups is 2. The smallest absolute Gasteiger partial charge is 0.306 e. The van der Waals surface area contributed by atoms with Crippen molar-refractivity contribution in [3.63, 3.8) is 0 Å². The van der Waals surface area contributed by atoms with E-state index in [9.17, 15) is 35.1 Å². The summed E-state index contributed by atoms with van der Waals surface area (Å²) >= 11 is 0. The van der Waals surface area contributed by atoms with Crippen molar-refractivity contribution in [1.29, 1.82) is 0 Å². The highest BCUT2D eigenvalue weighted by Gasteiger charge is 2.47. The van der Waals surface area contributed by atoms with Gasteiger partial charge in [-0.2, -0.15) is 0 Å². The van der Waals surface area contributed by atoms with Gasteiger partial charge in [-0.05, 0) is 64.2 Å². The molecule has 0 spiro atoms. The van der Waals surface area contributed by atoms with Crippen molar-refractivity contribution in [2.45, 2.75) is 461 Å². The molecule has 95 heavy (non-hydrogen) atoms. The molecule has 8 unspecified atom stereocenters. The summed E-state index contributed by atoms with van der Waals surface area (Å²) in [7, 11) is 0. The van der Waals surface area contributed by atoms with Crippen LogP contribution in [0.2, 0.25) is 0 Å². The van der Waals surface area contributed by atoms with Gasteiger partial charge in [-0.1, -0.05) is 390 Å². The maximum atomic E-state index is 13.6. The van der Waals surface area contributed by atoms with Gasteiger partial charge in [-0.25, -0.2) is 0 Å². The lowest BCUT2D eigenvalue weighted by atomic mass is 9.99.